The van der Waals surface area contributed by atoms with E-state index in [0.29, 0.717) is 4.31 Å². The first-order valence-corrected chi connectivity index (χ1v) is 6.97. The van der Waals surface area contributed by atoms with E-state index in [1.807, 2.05) is 6.07 Å². The van der Waals surface area contributed by atoms with E-state index in [4.69, 9.17) is 9.88 Å². The number of ether oxygens (including phenoxy) is 1. The Balaban J connectivity index is 2.50. The Morgan fingerprint density at radius 3 is 2.47 bits per heavy atom. The second kappa shape index (κ2) is 7.17. The maximum atomic E-state index is 12.2. The Hall–Kier alpha value is -1.51. The monoisotopic (exact) mass is 290 g/mol. The molecule has 0 heterocycles. The molecule has 19 heavy (non-hydrogen) atoms. The zero-order valence-electron chi connectivity index (χ0n) is 10.2. The molecule has 1 aromatic carbocycles. The third-order valence-electron chi connectivity index (χ3n) is 2.24. The SMILES string of the molecule is NS(=O)(=O)N(CCF)CC(=O)OCc1ccccc1. The van der Waals surface area contributed by atoms with Gasteiger partial charge in [0.15, 0.2) is 0 Å². The fraction of sp³-hybridized carbons (Fsp3) is 0.364. The molecule has 8 heteroatoms. The van der Waals surface area contributed by atoms with Gasteiger partial charge in [-0.1, -0.05) is 30.3 Å². The highest BCUT2D eigenvalue weighted by atomic mass is 32.2. The first kappa shape index (κ1) is 15.5. The number of nitrogens with two attached hydrogens (primary N) is 1. The van der Waals surface area contributed by atoms with Gasteiger partial charge in [-0.15, -0.1) is 0 Å². The van der Waals surface area contributed by atoms with E-state index >= 15 is 0 Å². The van der Waals surface area contributed by atoms with E-state index in [0.717, 1.165) is 5.56 Å². The molecule has 0 radical (unpaired) electrons. The smallest absolute Gasteiger partial charge is 0.321 e. The van der Waals surface area contributed by atoms with Crippen LogP contribution in [0.25, 0.3) is 0 Å². The molecule has 1 rings (SSSR count). The minimum atomic E-state index is -4.11. The van der Waals surface area contributed by atoms with Crippen LogP contribution in [-0.4, -0.2) is 38.5 Å². The molecular formula is C11H15FN2O4S. The van der Waals surface area contributed by atoms with Crippen LogP contribution in [-0.2, 0) is 26.3 Å². The van der Waals surface area contributed by atoms with Crippen molar-refractivity contribution in [1.82, 2.24) is 4.31 Å². The summed E-state index contributed by atoms with van der Waals surface area (Å²) in [6.45, 7) is -1.98. The third-order valence-corrected chi connectivity index (χ3v) is 3.27. The van der Waals surface area contributed by atoms with Gasteiger partial charge in [-0.05, 0) is 5.56 Å². The number of carbonyl (C=O) groups is 1. The van der Waals surface area contributed by atoms with Crippen LogP contribution in [0.3, 0.4) is 0 Å². The summed E-state index contributed by atoms with van der Waals surface area (Å²) in [5.41, 5.74) is 0.767. The van der Waals surface area contributed by atoms with Crippen LogP contribution in [0.4, 0.5) is 4.39 Å². The van der Waals surface area contributed by atoms with Gasteiger partial charge in [0.05, 0.1) is 0 Å². The van der Waals surface area contributed by atoms with E-state index in [9.17, 15) is 17.6 Å². The fourth-order valence-electron chi connectivity index (χ4n) is 1.32. The zero-order valence-corrected chi connectivity index (χ0v) is 11.0. The molecule has 0 bridgehead atoms. The predicted molar refractivity (Wildman–Crippen MR) is 66.9 cm³/mol. The molecule has 6 nitrogen and oxygen atoms in total. The van der Waals surface area contributed by atoms with Crippen molar-refractivity contribution in [2.45, 2.75) is 6.61 Å². The van der Waals surface area contributed by atoms with Crippen molar-refractivity contribution in [2.24, 2.45) is 5.14 Å². The van der Waals surface area contributed by atoms with Crippen LogP contribution in [0.1, 0.15) is 5.56 Å². The second-order valence-corrected chi connectivity index (χ2v) is 5.26. The molecule has 0 aliphatic rings. The van der Waals surface area contributed by atoms with Crippen molar-refractivity contribution in [3.8, 4) is 0 Å². The van der Waals surface area contributed by atoms with Crippen molar-refractivity contribution < 1.29 is 22.3 Å². The lowest BCUT2D eigenvalue weighted by molar-refractivity contribution is -0.145. The molecule has 0 amide bonds. The van der Waals surface area contributed by atoms with Crippen LogP contribution in [0.5, 0.6) is 0 Å². The Morgan fingerprint density at radius 1 is 1.32 bits per heavy atom. The lowest BCUT2D eigenvalue weighted by atomic mass is 10.2. The molecule has 0 aliphatic heterocycles. The Kier molecular flexibility index (Phi) is 5.87. The standard InChI is InChI=1S/C11H15FN2O4S/c12-6-7-14(19(13,16)17)8-11(15)18-9-10-4-2-1-3-5-10/h1-5H,6-9H2,(H2,13,16,17). The lowest BCUT2D eigenvalue weighted by Crippen LogP contribution is -2.41. The number of carbonyl (C=O) groups excluding carboxylic acids is 1. The highest BCUT2D eigenvalue weighted by molar-refractivity contribution is 7.86. The number of rotatable bonds is 7. The molecule has 0 saturated carbocycles. The van der Waals surface area contributed by atoms with Gasteiger partial charge in [0.25, 0.3) is 10.2 Å². The number of hydrogen-bond acceptors (Lipinski definition) is 4. The van der Waals surface area contributed by atoms with Crippen molar-refractivity contribution in [3.05, 3.63) is 35.9 Å². The molecular weight excluding hydrogens is 275 g/mol. The molecule has 0 fully saturated rings. The van der Waals surface area contributed by atoms with Crippen LogP contribution in [0.2, 0.25) is 0 Å². The molecule has 2 N–H and O–H groups in total. The second-order valence-electron chi connectivity index (χ2n) is 3.71. The minimum Gasteiger partial charge on any atom is -0.460 e. The average Bonchev–Trinajstić information content (AvgIpc) is 2.36. The Labute approximate surface area is 111 Å². The van der Waals surface area contributed by atoms with E-state index in [1.165, 1.54) is 0 Å². The van der Waals surface area contributed by atoms with Gasteiger partial charge in [0.1, 0.15) is 19.8 Å². The maximum Gasteiger partial charge on any atom is 0.321 e. The van der Waals surface area contributed by atoms with Crippen molar-refractivity contribution >= 4 is 16.2 Å². The van der Waals surface area contributed by atoms with Crippen LogP contribution >= 0.6 is 0 Å². The van der Waals surface area contributed by atoms with Gasteiger partial charge in [-0.25, -0.2) is 9.53 Å². The Morgan fingerprint density at radius 2 is 1.95 bits per heavy atom. The third kappa shape index (κ3) is 5.77. The van der Waals surface area contributed by atoms with Gasteiger partial charge in [-0.3, -0.25) is 4.79 Å². The van der Waals surface area contributed by atoms with Crippen LogP contribution < -0.4 is 5.14 Å². The summed E-state index contributed by atoms with van der Waals surface area (Å²) in [4.78, 5) is 11.4. The molecule has 0 aromatic heterocycles. The number of halogens is 1. The summed E-state index contributed by atoms with van der Waals surface area (Å²) >= 11 is 0. The predicted octanol–water partition coefficient (Wildman–Crippen LogP) is 0.205. The van der Waals surface area contributed by atoms with Crippen molar-refractivity contribution in [3.63, 3.8) is 0 Å². The summed E-state index contributed by atoms with van der Waals surface area (Å²) in [6.07, 6.45) is 0. The van der Waals surface area contributed by atoms with Gasteiger partial charge in [-0.2, -0.15) is 12.7 Å². The summed E-state index contributed by atoms with van der Waals surface area (Å²) in [5, 5.41) is 4.85. The summed E-state index contributed by atoms with van der Waals surface area (Å²) in [6, 6.07) is 8.89. The highest BCUT2D eigenvalue weighted by Gasteiger charge is 2.21. The quantitative estimate of drug-likeness (QED) is 0.727. The fourth-order valence-corrected chi connectivity index (χ4v) is 1.93. The van der Waals surface area contributed by atoms with Gasteiger partial charge < -0.3 is 4.74 Å². The van der Waals surface area contributed by atoms with Gasteiger partial charge in [0, 0.05) is 6.54 Å². The normalized spacial score (nSPS) is 11.5. The largest absolute Gasteiger partial charge is 0.460 e. The summed E-state index contributed by atoms with van der Waals surface area (Å²) in [5.74, 6) is -0.786. The first-order chi connectivity index (χ1) is 8.93. The van der Waals surface area contributed by atoms with Gasteiger partial charge in [0.2, 0.25) is 0 Å². The lowest BCUT2D eigenvalue weighted by Gasteiger charge is -2.16. The first-order valence-electron chi connectivity index (χ1n) is 5.47. The molecule has 0 saturated heterocycles. The molecule has 0 aliphatic carbocycles. The number of hydrogen-bond donors (Lipinski definition) is 1. The van der Waals surface area contributed by atoms with Crippen molar-refractivity contribution in [1.29, 1.82) is 0 Å². The number of alkyl halides is 1. The molecule has 0 spiro atoms. The maximum absolute atomic E-state index is 12.2. The van der Waals surface area contributed by atoms with E-state index in [1.54, 1.807) is 24.3 Å². The molecule has 106 valence electrons. The van der Waals surface area contributed by atoms with E-state index < -0.39 is 35.9 Å². The number of nitrogens with zero attached hydrogens (tertiary/aromatic N) is 1. The number of esters is 1. The van der Waals surface area contributed by atoms with Crippen LogP contribution in [0.15, 0.2) is 30.3 Å². The molecule has 0 atom stereocenters. The number of benzene rings is 1. The van der Waals surface area contributed by atoms with Crippen LogP contribution in [0, 0.1) is 0 Å². The summed E-state index contributed by atoms with van der Waals surface area (Å²) in [7, 11) is -4.11. The topological polar surface area (TPSA) is 89.7 Å². The Bertz CT molecular complexity index is 507. The highest BCUT2D eigenvalue weighted by Crippen LogP contribution is 2.02. The molecule has 0 unspecified atom stereocenters. The zero-order chi connectivity index (χ0) is 14.3. The summed E-state index contributed by atoms with van der Waals surface area (Å²) < 4.78 is 39.7. The van der Waals surface area contributed by atoms with E-state index in [-0.39, 0.29) is 6.61 Å². The van der Waals surface area contributed by atoms with E-state index in [2.05, 4.69) is 0 Å². The van der Waals surface area contributed by atoms with Gasteiger partial charge >= 0.3 is 5.97 Å². The average molecular weight is 290 g/mol. The minimum absolute atomic E-state index is 0.0216. The molecule has 1 aromatic rings. The van der Waals surface area contributed by atoms with Crippen molar-refractivity contribution in [2.75, 3.05) is 19.8 Å².